The number of para-hydroxylation sites is 1. The second-order valence-electron chi connectivity index (χ2n) is 4.06. The number of carbonyl (C=O) groups is 2. The average molecular weight is 282 g/mol. The molecule has 8 heteroatoms. The standard InChI is InChI=1S/C12H14N2O6/c1-7(12(16)17)6-13-11(15)8-4-3-5-9(14(18)19)10(8)20-2/h3-5,7H,6H2,1-2H3,(H,13,15)(H,16,17). The maximum atomic E-state index is 11.9. The third-order valence-corrected chi connectivity index (χ3v) is 2.63. The first kappa shape index (κ1) is 15.4. The number of ether oxygens (including phenoxy) is 1. The Labute approximate surface area is 114 Å². The molecule has 0 heterocycles. The maximum absolute atomic E-state index is 11.9. The van der Waals surface area contributed by atoms with Crippen LogP contribution in [0.25, 0.3) is 0 Å². The Morgan fingerprint density at radius 3 is 2.65 bits per heavy atom. The maximum Gasteiger partial charge on any atom is 0.311 e. The van der Waals surface area contributed by atoms with E-state index in [2.05, 4.69) is 5.32 Å². The molecule has 20 heavy (non-hydrogen) atoms. The largest absolute Gasteiger partial charge is 0.490 e. The summed E-state index contributed by atoms with van der Waals surface area (Å²) in [5, 5.41) is 21.9. The molecule has 1 aromatic rings. The molecule has 1 amide bonds. The van der Waals surface area contributed by atoms with E-state index in [1.165, 1.54) is 32.2 Å². The molecule has 0 aliphatic heterocycles. The highest BCUT2D eigenvalue weighted by atomic mass is 16.6. The summed E-state index contributed by atoms with van der Waals surface area (Å²) in [4.78, 5) is 32.7. The molecule has 1 unspecified atom stereocenters. The van der Waals surface area contributed by atoms with Crippen molar-refractivity contribution >= 4 is 17.6 Å². The summed E-state index contributed by atoms with van der Waals surface area (Å²) < 4.78 is 4.89. The van der Waals surface area contributed by atoms with Crippen LogP contribution in [-0.4, -0.2) is 35.6 Å². The molecule has 0 aromatic heterocycles. The predicted molar refractivity (Wildman–Crippen MR) is 68.8 cm³/mol. The molecule has 108 valence electrons. The van der Waals surface area contributed by atoms with E-state index in [9.17, 15) is 19.7 Å². The smallest absolute Gasteiger partial charge is 0.311 e. The molecule has 1 aromatic carbocycles. The molecular weight excluding hydrogens is 268 g/mol. The van der Waals surface area contributed by atoms with Gasteiger partial charge in [-0.1, -0.05) is 13.0 Å². The van der Waals surface area contributed by atoms with Gasteiger partial charge in [0.25, 0.3) is 5.91 Å². The number of nitrogens with zero attached hydrogens (tertiary/aromatic N) is 1. The SMILES string of the molecule is COc1c(C(=O)NCC(C)C(=O)O)cccc1[N+](=O)[O-]. The predicted octanol–water partition coefficient (Wildman–Crippen LogP) is 1.05. The average Bonchev–Trinajstić information content (AvgIpc) is 2.42. The van der Waals surface area contributed by atoms with Gasteiger partial charge in [0.15, 0.2) is 0 Å². The van der Waals surface area contributed by atoms with Gasteiger partial charge in [-0.05, 0) is 6.07 Å². The number of nitro benzene ring substituents is 1. The van der Waals surface area contributed by atoms with E-state index in [-0.39, 0.29) is 23.5 Å². The number of hydrogen-bond donors (Lipinski definition) is 2. The first-order valence-electron chi connectivity index (χ1n) is 5.70. The summed E-state index contributed by atoms with van der Waals surface area (Å²) in [6.07, 6.45) is 0. The van der Waals surface area contributed by atoms with E-state index in [0.717, 1.165) is 0 Å². The first-order chi connectivity index (χ1) is 9.38. The van der Waals surface area contributed by atoms with Crippen LogP contribution in [0.3, 0.4) is 0 Å². The Hall–Kier alpha value is -2.64. The van der Waals surface area contributed by atoms with Gasteiger partial charge in [0.2, 0.25) is 5.75 Å². The highest BCUT2D eigenvalue weighted by Crippen LogP contribution is 2.30. The van der Waals surface area contributed by atoms with Gasteiger partial charge in [0.05, 0.1) is 23.5 Å². The summed E-state index contributed by atoms with van der Waals surface area (Å²) in [7, 11) is 1.22. The van der Waals surface area contributed by atoms with Crippen molar-refractivity contribution in [3.05, 3.63) is 33.9 Å². The summed E-state index contributed by atoms with van der Waals surface area (Å²) in [6, 6.07) is 3.94. The summed E-state index contributed by atoms with van der Waals surface area (Å²) in [5.41, 5.74) is -0.342. The summed E-state index contributed by atoms with van der Waals surface area (Å²) >= 11 is 0. The van der Waals surface area contributed by atoms with Crippen molar-refractivity contribution in [2.24, 2.45) is 5.92 Å². The van der Waals surface area contributed by atoms with E-state index in [1.807, 2.05) is 0 Å². The van der Waals surface area contributed by atoms with E-state index >= 15 is 0 Å². The molecule has 0 bridgehead atoms. The van der Waals surface area contributed by atoms with Crippen molar-refractivity contribution in [1.29, 1.82) is 0 Å². The number of aliphatic carboxylic acids is 1. The van der Waals surface area contributed by atoms with Crippen molar-refractivity contribution in [2.45, 2.75) is 6.92 Å². The van der Waals surface area contributed by atoms with Crippen molar-refractivity contribution in [3.63, 3.8) is 0 Å². The van der Waals surface area contributed by atoms with E-state index in [0.29, 0.717) is 0 Å². The molecule has 0 saturated carbocycles. The molecule has 0 radical (unpaired) electrons. The fraction of sp³-hybridized carbons (Fsp3) is 0.333. The Morgan fingerprint density at radius 2 is 2.15 bits per heavy atom. The zero-order valence-corrected chi connectivity index (χ0v) is 11.0. The van der Waals surface area contributed by atoms with Crippen molar-refractivity contribution in [2.75, 3.05) is 13.7 Å². The minimum atomic E-state index is -1.05. The Balaban J connectivity index is 2.96. The van der Waals surface area contributed by atoms with Gasteiger partial charge in [0, 0.05) is 12.6 Å². The second-order valence-corrected chi connectivity index (χ2v) is 4.06. The number of nitro groups is 1. The monoisotopic (exact) mass is 282 g/mol. The molecule has 1 atom stereocenters. The quantitative estimate of drug-likeness (QED) is 0.594. The van der Waals surface area contributed by atoms with E-state index in [1.54, 1.807) is 0 Å². The highest BCUT2D eigenvalue weighted by molar-refractivity contribution is 5.98. The van der Waals surface area contributed by atoms with Gasteiger partial charge in [-0.2, -0.15) is 0 Å². The molecule has 0 aliphatic rings. The topological polar surface area (TPSA) is 119 Å². The van der Waals surface area contributed by atoms with Crippen molar-refractivity contribution < 1.29 is 24.4 Å². The molecule has 8 nitrogen and oxygen atoms in total. The van der Waals surface area contributed by atoms with Crippen LogP contribution in [-0.2, 0) is 4.79 Å². The number of rotatable bonds is 6. The van der Waals surface area contributed by atoms with Crippen LogP contribution in [0.4, 0.5) is 5.69 Å². The number of carboxylic acids is 1. The van der Waals surface area contributed by atoms with E-state index < -0.39 is 22.7 Å². The van der Waals surface area contributed by atoms with Crippen molar-refractivity contribution in [1.82, 2.24) is 5.32 Å². The highest BCUT2D eigenvalue weighted by Gasteiger charge is 2.23. The van der Waals surface area contributed by atoms with Crippen LogP contribution in [0.5, 0.6) is 5.75 Å². The number of nitrogens with one attached hydrogen (secondary N) is 1. The lowest BCUT2D eigenvalue weighted by Crippen LogP contribution is -2.31. The lowest BCUT2D eigenvalue weighted by molar-refractivity contribution is -0.385. The first-order valence-corrected chi connectivity index (χ1v) is 5.70. The van der Waals surface area contributed by atoms with Crippen molar-refractivity contribution in [3.8, 4) is 5.75 Å². The molecule has 1 rings (SSSR count). The molecule has 0 fully saturated rings. The minimum absolute atomic E-state index is 0.0145. The Morgan fingerprint density at radius 1 is 1.50 bits per heavy atom. The van der Waals surface area contributed by atoms with Crippen LogP contribution in [0.1, 0.15) is 17.3 Å². The summed E-state index contributed by atoms with van der Waals surface area (Å²) in [5.74, 6) is -2.59. The van der Waals surface area contributed by atoms with Crippen LogP contribution in [0, 0.1) is 16.0 Å². The number of carbonyl (C=O) groups excluding carboxylic acids is 1. The number of methoxy groups -OCH3 is 1. The molecular formula is C12H14N2O6. The zero-order chi connectivity index (χ0) is 15.3. The zero-order valence-electron chi connectivity index (χ0n) is 11.0. The normalized spacial score (nSPS) is 11.5. The third kappa shape index (κ3) is 3.44. The lowest BCUT2D eigenvalue weighted by atomic mass is 10.1. The van der Waals surface area contributed by atoms with Crippen LogP contribution in [0.2, 0.25) is 0 Å². The van der Waals surface area contributed by atoms with Gasteiger partial charge in [0.1, 0.15) is 0 Å². The van der Waals surface area contributed by atoms with Gasteiger partial charge < -0.3 is 15.2 Å². The Kier molecular flexibility index (Phi) is 5.01. The molecule has 2 N–H and O–H groups in total. The van der Waals surface area contributed by atoms with Crippen LogP contribution >= 0.6 is 0 Å². The van der Waals surface area contributed by atoms with E-state index in [4.69, 9.17) is 9.84 Å². The fourth-order valence-corrected chi connectivity index (χ4v) is 1.49. The number of carboxylic acid groups (broad SMARTS) is 1. The Bertz CT molecular complexity index is 543. The molecule has 0 aliphatic carbocycles. The van der Waals surface area contributed by atoms with Gasteiger partial charge in [-0.15, -0.1) is 0 Å². The van der Waals surface area contributed by atoms with Crippen LogP contribution in [0.15, 0.2) is 18.2 Å². The second kappa shape index (κ2) is 6.50. The number of amides is 1. The third-order valence-electron chi connectivity index (χ3n) is 2.63. The van der Waals surface area contributed by atoms with Gasteiger partial charge >= 0.3 is 11.7 Å². The fourth-order valence-electron chi connectivity index (χ4n) is 1.49. The summed E-state index contributed by atoms with van der Waals surface area (Å²) in [6.45, 7) is 1.35. The molecule has 0 saturated heterocycles. The van der Waals surface area contributed by atoms with Gasteiger partial charge in [-0.3, -0.25) is 19.7 Å². The minimum Gasteiger partial charge on any atom is -0.490 e. The number of hydrogen-bond acceptors (Lipinski definition) is 5. The number of benzene rings is 1. The lowest BCUT2D eigenvalue weighted by Gasteiger charge is -2.11. The van der Waals surface area contributed by atoms with Gasteiger partial charge in [-0.25, -0.2) is 0 Å². The van der Waals surface area contributed by atoms with Crippen LogP contribution < -0.4 is 10.1 Å². The molecule has 0 spiro atoms.